The lowest BCUT2D eigenvalue weighted by Gasteiger charge is -2.31. The van der Waals surface area contributed by atoms with Crippen molar-refractivity contribution in [3.8, 4) is 0 Å². The van der Waals surface area contributed by atoms with Crippen LogP contribution in [0.15, 0.2) is 58.8 Å². The molecule has 4 aliphatic heterocycles. The Morgan fingerprint density at radius 3 is 1.48 bits per heavy atom. The molecule has 4 heterocycles. The zero-order chi connectivity index (χ0) is 36.8. The maximum atomic E-state index is 13.0. The number of anilines is 2. The molecular formula is C37H48N6O7S2. The van der Waals surface area contributed by atoms with Crippen molar-refractivity contribution in [3.63, 3.8) is 0 Å². The van der Waals surface area contributed by atoms with Crippen LogP contribution in [0.4, 0.5) is 11.4 Å². The molecular weight excluding hydrogens is 705 g/mol. The van der Waals surface area contributed by atoms with Crippen molar-refractivity contribution in [2.75, 3.05) is 49.1 Å². The van der Waals surface area contributed by atoms with Gasteiger partial charge in [0.2, 0.25) is 37.8 Å². The number of piperidine rings is 2. The molecule has 2 saturated carbocycles. The van der Waals surface area contributed by atoms with E-state index in [1.165, 1.54) is 14.7 Å². The number of nitrogens with zero attached hydrogens (tertiary/aromatic N) is 4. The van der Waals surface area contributed by atoms with Gasteiger partial charge in [-0.25, -0.2) is 16.8 Å². The molecule has 0 atom stereocenters. The fourth-order valence-corrected chi connectivity index (χ4v) is 10.6. The Hall–Kier alpha value is -3.63. The van der Waals surface area contributed by atoms with Crippen LogP contribution in [-0.4, -0.2) is 94.5 Å². The molecule has 2 aromatic carbocycles. The Bertz CT molecular complexity index is 1960. The zero-order valence-corrected chi connectivity index (χ0v) is 31.0. The molecule has 0 bridgehead atoms. The molecule has 0 radical (unpaired) electrons. The topological polar surface area (TPSA) is 170 Å². The van der Waals surface area contributed by atoms with Gasteiger partial charge in [-0.1, -0.05) is 6.58 Å². The van der Waals surface area contributed by atoms with E-state index in [4.69, 9.17) is 5.73 Å². The van der Waals surface area contributed by atoms with Crippen LogP contribution in [0.1, 0.15) is 62.5 Å². The van der Waals surface area contributed by atoms with Gasteiger partial charge in [-0.15, -0.1) is 0 Å². The maximum Gasteiger partial charge on any atom is 0.243 e. The van der Waals surface area contributed by atoms with Gasteiger partial charge >= 0.3 is 0 Å². The van der Waals surface area contributed by atoms with E-state index in [1.54, 1.807) is 41.3 Å². The molecule has 2 aromatic rings. The quantitative estimate of drug-likeness (QED) is 0.388. The molecule has 4 fully saturated rings. The first-order chi connectivity index (χ1) is 24.9. The molecule has 6 aliphatic rings. The minimum atomic E-state index is -3.59. The summed E-state index contributed by atoms with van der Waals surface area (Å²) in [5.41, 5.74) is 9.47. The Morgan fingerprint density at radius 1 is 0.654 bits per heavy atom. The molecule has 3 N–H and O–H groups in total. The van der Waals surface area contributed by atoms with Crippen LogP contribution in [0.5, 0.6) is 0 Å². The summed E-state index contributed by atoms with van der Waals surface area (Å²) in [6.07, 6.45) is 9.07. The van der Waals surface area contributed by atoms with Gasteiger partial charge in [0.05, 0.1) is 9.79 Å². The van der Waals surface area contributed by atoms with Crippen molar-refractivity contribution in [2.45, 2.75) is 86.1 Å². The van der Waals surface area contributed by atoms with E-state index in [0.29, 0.717) is 76.3 Å². The number of rotatable bonds is 8. The summed E-state index contributed by atoms with van der Waals surface area (Å²) in [4.78, 5) is 40.4. The van der Waals surface area contributed by atoms with Crippen LogP contribution in [0.3, 0.4) is 0 Å². The second kappa shape index (κ2) is 14.7. The summed E-state index contributed by atoms with van der Waals surface area (Å²) < 4.78 is 54.8. The van der Waals surface area contributed by atoms with Crippen molar-refractivity contribution >= 4 is 49.1 Å². The SMILES string of the molecule is C=CC(=O)NC1CCN(S(=O)(=O)c2ccc3c(c2)CCN3C(=O)C2CC2)CC1.NC1CCN(S(=O)(=O)c2ccc3c(c2)CCN3C(=O)C2CC2)CC1. The van der Waals surface area contributed by atoms with Crippen LogP contribution in [-0.2, 0) is 47.3 Å². The standard InChI is InChI=1S/C20H25N3O4S.C17H23N3O3S/c1-2-19(24)21-16-8-10-22(11-9-16)28(26,27)17-5-6-18-15(13-17)7-12-23(18)20(25)14-3-4-14;18-14-6-8-19(9-7-14)24(22,23)15-3-4-16-13(11-15)5-10-20(16)17(21)12-1-2-12/h2,5-6,13-14,16H,1,3-4,7-12H2,(H,21,24);3-4,11-12,14H,1-2,5-10,18H2. The number of nitrogens with two attached hydrogens (primary N) is 1. The molecule has 15 heteroatoms. The highest BCUT2D eigenvalue weighted by atomic mass is 32.2. The molecule has 0 spiro atoms. The van der Waals surface area contributed by atoms with E-state index in [9.17, 15) is 31.2 Å². The second-order valence-corrected chi connectivity index (χ2v) is 18.6. The number of amides is 3. The van der Waals surface area contributed by atoms with E-state index in [2.05, 4.69) is 11.9 Å². The van der Waals surface area contributed by atoms with Gasteiger partial charge in [-0.3, -0.25) is 14.4 Å². The van der Waals surface area contributed by atoms with Crippen LogP contribution >= 0.6 is 0 Å². The molecule has 3 amide bonds. The normalized spacial score (nSPS) is 21.6. The number of nitrogens with one attached hydrogen (secondary N) is 1. The average molecular weight is 753 g/mol. The number of benzene rings is 2. The van der Waals surface area contributed by atoms with Gasteiger partial charge in [0, 0.05) is 74.6 Å². The Balaban J connectivity index is 0.000000164. The van der Waals surface area contributed by atoms with Crippen LogP contribution in [0, 0.1) is 11.8 Å². The summed E-state index contributed by atoms with van der Waals surface area (Å²) >= 11 is 0. The number of hydrogen-bond acceptors (Lipinski definition) is 8. The summed E-state index contributed by atoms with van der Waals surface area (Å²) in [6, 6.07) is 10.4. The molecule has 13 nitrogen and oxygen atoms in total. The Kier molecular flexibility index (Phi) is 10.3. The third-order valence-corrected chi connectivity index (χ3v) is 14.8. The number of sulfonamides is 2. The first kappa shape index (κ1) is 36.7. The second-order valence-electron chi connectivity index (χ2n) is 14.7. The van der Waals surface area contributed by atoms with Gasteiger partial charge in [-0.05, 0) is 118 Å². The largest absolute Gasteiger partial charge is 0.350 e. The van der Waals surface area contributed by atoms with E-state index in [0.717, 1.165) is 54.6 Å². The van der Waals surface area contributed by atoms with E-state index >= 15 is 0 Å². The van der Waals surface area contributed by atoms with Gasteiger partial charge in [0.25, 0.3) is 0 Å². The van der Waals surface area contributed by atoms with Crippen molar-refractivity contribution in [2.24, 2.45) is 17.6 Å². The van der Waals surface area contributed by atoms with Crippen molar-refractivity contribution in [1.82, 2.24) is 13.9 Å². The van der Waals surface area contributed by atoms with Crippen molar-refractivity contribution in [1.29, 1.82) is 0 Å². The highest BCUT2D eigenvalue weighted by Gasteiger charge is 2.39. The molecule has 2 aliphatic carbocycles. The molecule has 0 aromatic heterocycles. The van der Waals surface area contributed by atoms with Crippen LogP contribution in [0.25, 0.3) is 0 Å². The lowest BCUT2D eigenvalue weighted by Crippen LogP contribution is -2.46. The number of carbonyl (C=O) groups is 3. The number of fused-ring (bicyclic) bond motifs is 2. The highest BCUT2D eigenvalue weighted by molar-refractivity contribution is 7.89. The fraction of sp³-hybridized carbons (Fsp3) is 0.541. The Morgan fingerprint density at radius 2 is 1.08 bits per heavy atom. The summed E-state index contributed by atoms with van der Waals surface area (Å²) in [6.45, 7) is 6.42. The first-order valence-electron chi connectivity index (χ1n) is 18.4. The fourth-order valence-electron chi connectivity index (χ4n) is 7.55. The van der Waals surface area contributed by atoms with Gasteiger partial charge in [-0.2, -0.15) is 8.61 Å². The predicted molar refractivity (Wildman–Crippen MR) is 197 cm³/mol. The Labute approximate surface area is 306 Å². The number of carbonyl (C=O) groups excluding carboxylic acids is 3. The minimum Gasteiger partial charge on any atom is -0.350 e. The summed E-state index contributed by atoms with van der Waals surface area (Å²) in [5, 5.41) is 2.83. The zero-order valence-electron chi connectivity index (χ0n) is 29.4. The smallest absolute Gasteiger partial charge is 0.243 e. The van der Waals surface area contributed by atoms with Gasteiger partial charge < -0.3 is 20.9 Å². The van der Waals surface area contributed by atoms with E-state index < -0.39 is 20.0 Å². The molecule has 2 saturated heterocycles. The van der Waals surface area contributed by atoms with Crippen LogP contribution in [0.2, 0.25) is 0 Å². The predicted octanol–water partition coefficient (Wildman–Crippen LogP) is 2.54. The third-order valence-electron chi connectivity index (χ3n) is 11.0. The highest BCUT2D eigenvalue weighted by Crippen LogP contribution is 2.39. The number of hydrogen-bond donors (Lipinski definition) is 2. The summed E-state index contributed by atoms with van der Waals surface area (Å²) in [7, 11) is -7.06. The molecule has 52 heavy (non-hydrogen) atoms. The monoisotopic (exact) mass is 752 g/mol. The van der Waals surface area contributed by atoms with Crippen molar-refractivity contribution in [3.05, 3.63) is 60.2 Å². The lowest BCUT2D eigenvalue weighted by atomic mass is 10.1. The average Bonchev–Trinajstić information content (AvgIpc) is 4.09. The molecule has 280 valence electrons. The minimum absolute atomic E-state index is 0.0287. The van der Waals surface area contributed by atoms with Crippen LogP contribution < -0.4 is 20.9 Å². The van der Waals surface area contributed by atoms with E-state index in [1.807, 2.05) is 4.90 Å². The summed E-state index contributed by atoms with van der Waals surface area (Å²) in [5.74, 6) is 0.451. The van der Waals surface area contributed by atoms with Crippen molar-refractivity contribution < 1.29 is 31.2 Å². The maximum absolute atomic E-state index is 13.0. The van der Waals surface area contributed by atoms with E-state index in [-0.39, 0.29) is 46.5 Å². The molecule has 8 rings (SSSR count). The van der Waals surface area contributed by atoms with Gasteiger partial charge in [0.15, 0.2) is 0 Å². The lowest BCUT2D eigenvalue weighted by molar-refractivity contribution is -0.120. The third kappa shape index (κ3) is 7.56. The molecule has 0 unspecified atom stereocenters. The first-order valence-corrected chi connectivity index (χ1v) is 21.3. The van der Waals surface area contributed by atoms with Gasteiger partial charge in [0.1, 0.15) is 0 Å².